The molecule has 0 N–H and O–H groups in total. The van der Waals surface area contributed by atoms with Crippen LogP contribution < -0.4 is 4.74 Å². The standard InChI is InChI=1S/C22H25ClN2O3/c1-15-8-9-16(2)21(17(15)3)28-14-20(26)24-10-12-25(13-11-24)22(27)18-6-4-5-7-19(18)23/h4-9H,10-14H2,1-3H3. The molecule has 148 valence electrons. The quantitative estimate of drug-likeness (QED) is 0.787. The van der Waals surface area contributed by atoms with Crippen LogP contribution in [-0.4, -0.2) is 54.4 Å². The molecular formula is C22H25ClN2O3. The van der Waals surface area contributed by atoms with Crippen molar-refractivity contribution in [2.24, 2.45) is 0 Å². The average molecular weight is 401 g/mol. The molecule has 0 aromatic heterocycles. The number of halogens is 1. The first kappa shape index (κ1) is 20.2. The van der Waals surface area contributed by atoms with E-state index in [9.17, 15) is 9.59 Å². The summed E-state index contributed by atoms with van der Waals surface area (Å²) in [5.74, 6) is 0.617. The smallest absolute Gasteiger partial charge is 0.260 e. The highest BCUT2D eigenvalue weighted by Gasteiger charge is 2.26. The lowest BCUT2D eigenvalue weighted by Gasteiger charge is -2.35. The molecule has 0 atom stereocenters. The van der Waals surface area contributed by atoms with Crippen LogP contribution in [0.2, 0.25) is 5.02 Å². The minimum absolute atomic E-state index is 0.00356. The molecule has 3 rings (SSSR count). The highest BCUT2D eigenvalue weighted by molar-refractivity contribution is 6.33. The van der Waals surface area contributed by atoms with Gasteiger partial charge >= 0.3 is 0 Å². The molecule has 0 radical (unpaired) electrons. The van der Waals surface area contributed by atoms with Crippen molar-refractivity contribution in [3.05, 3.63) is 63.7 Å². The van der Waals surface area contributed by atoms with E-state index in [1.165, 1.54) is 0 Å². The Labute approximate surface area is 170 Å². The normalized spacial score (nSPS) is 14.1. The first-order chi connectivity index (χ1) is 13.4. The Hall–Kier alpha value is -2.53. The molecule has 6 heteroatoms. The fourth-order valence-electron chi connectivity index (χ4n) is 3.34. The maximum absolute atomic E-state index is 12.6. The number of piperazine rings is 1. The van der Waals surface area contributed by atoms with Gasteiger partial charge in [-0.2, -0.15) is 0 Å². The van der Waals surface area contributed by atoms with Gasteiger partial charge in [-0.3, -0.25) is 9.59 Å². The Morgan fingerprint density at radius 3 is 2.21 bits per heavy atom. The molecule has 0 bridgehead atoms. The van der Waals surface area contributed by atoms with Crippen molar-refractivity contribution in [2.45, 2.75) is 20.8 Å². The van der Waals surface area contributed by atoms with Gasteiger partial charge in [-0.15, -0.1) is 0 Å². The largest absolute Gasteiger partial charge is 0.483 e. The van der Waals surface area contributed by atoms with Gasteiger partial charge in [-0.25, -0.2) is 0 Å². The molecule has 1 aliphatic heterocycles. The number of amides is 2. The van der Waals surface area contributed by atoms with Crippen LogP contribution >= 0.6 is 11.6 Å². The van der Waals surface area contributed by atoms with E-state index in [0.717, 1.165) is 22.4 Å². The van der Waals surface area contributed by atoms with Gasteiger partial charge in [0.1, 0.15) is 5.75 Å². The molecule has 1 fully saturated rings. The molecule has 1 aliphatic rings. The van der Waals surface area contributed by atoms with Gasteiger partial charge in [0.05, 0.1) is 10.6 Å². The molecule has 28 heavy (non-hydrogen) atoms. The Morgan fingerprint density at radius 2 is 1.54 bits per heavy atom. The zero-order valence-corrected chi connectivity index (χ0v) is 17.3. The number of hydrogen-bond donors (Lipinski definition) is 0. The summed E-state index contributed by atoms with van der Waals surface area (Å²) in [6.07, 6.45) is 0. The van der Waals surface area contributed by atoms with E-state index in [2.05, 4.69) is 6.07 Å². The van der Waals surface area contributed by atoms with Crippen LogP contribution in [-0.2, 0) is 4.79 Å². The van der Waals surface area contributed by atoms with Crippen molar-refractivity contribution in [1.29, 1.82) is 0 Å². The maximum Gasteiger partial charge on any atom is 0.260 e. The molecule has 2 aromatic rings. The summed E-state index contributed by atoms with van der Waals surface area (Å²) in [5.41, 5.74) is 3.71. The Morgan fingerprint density at radius 1 is 0.929 bits per heavy atom. The monoisotopic (exact) mass is 400 g/mol. The van der Waals surface area contributed by atoms with Crippen molar-refractivity contribution in [3.8, 4) is 5.75 Å². The van der Waals surface area contributed by atoms with Crippen LogP contribution in [0, 0.1) is 20.8 Å². The van der Waals surface area contributed by atoms with E-state index in [-0.39, 0.29) is 18.4 Å². The lowest BCUT2D eigenvalue weighted by Crippen LogP contribution is -2.51. The number of carbonyl (C=O) groups excluding carboxylic acids is 2. The van der Waals surface area contributed by atoms with Crippen molar-refractivity contribution >= 4 is 23.4 Å². The SMILES string of the molecule is Cc1ccc(C)c(OCC(=O)N2CCN(C(=O)c3ccccc3Cl)CC2)c1C. The van der Waals surface area contributed by atoms with Gasteiger partial charge in [0.2, 0.25) is 0 Å². The van der Waals surface area contributed by atoms with Crippen LogP contribution in [0.25, 0.3) is 0 Å². The van der Waals surface area contributed by atoms with E-state index in [1.807, 2.05) is 26.8 Å². The first-order valence-electron chi connectivity index (χ1n) is 9.39. The predicted molar refractivity (Wildman–Crippen MR) is 110 cm³/mol. The number of rotatable bonds is 4. The number of ether oxygens (including phenoxy) is 1. The summed E-state index contributed by atoms with van der Waals surface area (Å²) in [6, 6.07) is 11.1. The van der Waals surface area contributed by atoms with E-state index in [0.29, 0.717) is 36.8 Å². The first-order valence-corrected chi connectivity index (χ1v) is 9.77. The molecular weight excluding hydrogens is 376 g/mol. The summed E-state index contributed by atoms with van der Waals surface area (Å²) < 4.78 is 5.83. The fraction of sp³-hybridized carbons (Fsp3) is 0.364. The lowest BCUT2D eigenvalue weighted by molar-refractivity contribution is -0.134. The molecule has 1 saturated heterocycles. The molecule has 2 aromatic carbocycles. The van der Waals surface area contributed by atoms with Crippen molar-refractivity contribution in [1.82, 2.24) is 9.80 Å². The summed E-state index contributed by atoms with van der Waals surface area (Å²) >= 11 is 6.12. The average Bonchev–Trinajstić information content (AvgIpc) is 2.70. The van der Waals surface area contributed by atoms with Gasteiger partial charge < -0.3 is 14.5 Å². The molecule has 5 nitrogen and oxygen atoms in total. The number of aryl methyl sites for hydroxylation is 2. The zero-order valence-electron chi connectivity index (χ0n) is 16.5. The van der Waals surface area contributed by atoms with Crippen molar-refractivity contribution in [2.75, 3.05) is 32.8 Å². The molecule has 0 unspecified atom stereocenters. The number of hydrogen-bond acceptors (Lipinski definition) is 3. The van der Waals surface area contributed by atoms with Gasteiger partial charge in [0.15, 0.2) is 6.61 Å². The predicted octanol–water partition coefficient (Wildman–Crippen LogP) is 3.63. The second kappa shape index (κ2) is 8.65. The van der Waals surface area contributed by atoms with Crippen molar-refractivity contribution in [3.63, 3.8) is 0 Å². The molecule has 0 spiro atoms. The van der Waals surface area contributed by atoms with Crippen LogP contribution in [0.3, 0.4) is 0 Å². The molecule has 2 amide bonds. The minimum Gasteiger partial charge on any atom is -0.483 e. The van der Waals surface area contributed by atoms with E-state index in [1.54, 1.807) is 34.1 Å². The number of benzene rings is 2. The third-order valence-corrected chi connectivity index (χ3v) is 5.57. The minimum atomic E-state index is -0.0973. The Kier molecular flexibility index (Phi) is 6.25. The zero-order chi connectivity index (χ0) is 20.3. The molecule has 0 aliphatic carbocycles. The Bertz CT molecular complexity index is 889. The van der Waals surface area contributed by atoms with Gasteiger partial charge in [0.25, 0.3) is 11.8 Å². The van der Waals surface area contributed by atoms with Crippen molar-refractivity contribution < 1.29 is 14.3 Å². The second-order valence-corrected chi connectivity index (χ2v) is 7.50. The van der Waals surface area contributed by atoms with Gasteiger partial charge in [-0.1, -0.05) is 35.9 Å². The summed E-state index contributed by atoms with van der Waals surface area (Å²) in [4.78, 5) is 28.7. The highest BCUT2D eigenvalue weighted by Crippen LogP contribution is 2.25. The van der Waals surface area contributed by atoms with E-state index in [4.69, 9.17) is 16.3 Å². The summed E-state index contributed by atoms with van der Waals surface area (Å²) in [6.45, 7) is 7.96. The number of nitrogens with zero attached hydrogens (tertiary/aromatic N) is 2. The topological polar surface area (TPSA) is 49.9 Å². The fourth-order valence-corrected chi connectivity index (χ4v) is 3.55. The third-order valence-electron chi connectivity index (χ3n) is 5.24. The Balaban J connectivity index is 1.55. The lowest BCUT2D eigenvalue weighted by atomic mass is 10.1. The number of carbonyl (C=O) groups is 2. The van der Waals surface area contributed by atoms with Gasteiger partial charge in [-0.05, 0) is 49.6 Å². The summed E-state index contributed by atoms with van der Waals surface area (Å²) in [7, 11) is 0. The molecule has 1 heterocycles. The highest BCUT2D eigenvalue weighted by atomic mass is 35.5. The van der Waals surface area contributed by atoms with Crippen LogP contribution in [0.4, 0.5) is 0 Å². The maximum atomic E-state index is 12.6. The van der Waals surface area contributed by atoms with Gasteiger partial charge in [0, 0.05) is 26.2 Å². The van der Waals surface area contributed by atoms with Crippen LogP contribution in [0.1, 0.15) is 27.0 Å². The van der Waals surface area contributed by atoms with E-state index < -0.39 is 0 Å². The van der Waals surface area contributed by atoms with Crippen LogP contribution in [0.5, 0.6) is 5.75 Å². The molecule has 0 saturated carbocycles. The second-order valence-electron chi connectivity index (χ2n) is 7.09. The van der Waals surface area contributed by atoms with Crippen LogP contribution in [0.15, 0.2) is 36.4 Å². The van der Waals surface area contributed by atoms with E-state index >= 15 is 0 Å². The summed E-state index contributed by atoms with van der Waals surface area (Å²) in [5, 5.41) is 0.448. The third kappa shape index (κ3) is 4.30.